The van der Waals surface area contributed by atoms with Gasteiger partial charge in [0.05, 0.1) is 11.5 Å². The zero-order valence-electron chi connectivity index (χ0n) is 19.8. The molecule has 4 heteroatoms. The minimum absolute atomic E-state index is 0.0405. The highest BCUT2D eigenvalue weighted by atomic mass is 16.2. The van der Waals surface area contributed by atoms with Gasteiger partial charge in [0.1, 0.15) is 0 Å². The summed E-state index contributed by atoms with van der Waals surface area (Å²) < 4.78 is 0. The number of unbranched alkanes of at least 4 members (excludes halogenated alkanes) is 1. The summed E-state index contributed by atoms with van der Waals surface area (Å²) in [6.07, 6.45) is 15.0. The lowest BCUT2D eigenvalue weighted by Crippen LogP contribution is -2.42. The number of rotatable bonds is 5. The van der Waals surface area contributed by atoms with E-state index in [9.17, 15) is 9.59 Å². The van der Waals surface area contributed by atoms with Gasteiger partial charge in [0.2, 0.25) is 11.8 Å². The van der Waals surface area contributed by atoms with Gasteiger partial charge in [-0.25, -0.2) is 0 Å². The molecule has 0 aromatic heterocycles. The van der Waals surface area contributed by atoms with E-state index < -0.39 is 0 Å². The maximum atomic E-state index is 13.0. The Kier molecular flexibility index (Phi) is 6.64. The smallest absolute Gasteiger partial charge is 0.249 e. The van der Waals surface area contributed by atoms with Gasteiger partial charge in [-0.1, -0.05) is 77.8 Å². The summed E-state index contributed by atoms with van der Waals surface area (Å²) in [5.41, 5.74) is 0.611. The van der Waals surface area contributed by atoms with E-state index in [1.165, 1.54) is 12.8 Å². The minimum atomic E-state index is -0.262. The molecule has 2 heterocycles. The van der Waals surface area contributed by atoms with Gasteiger partial charge in [-0.15, -0.1) is 0 Å². The molecule has 4 unspecified atom stereocenters. The van der Waals surface area contributed by atoms with Crippen LogP contribution in [0.4, 0.5) is 0 Å². The van der Waals surface area contributed by atoms with Crippen molar-refractivity contribution < 1.29 is 9.59 Å². The second-order valence-corrected chi connectivity index (χ2v) is 10.1. The molecular weight excluding hydrogens is 372 g/mol. The highest BCUT2D eigenvalue weighted by Crippen LogP contribution is 2.72. The Morgan fingerprint density at radius 1 is 1.20 bits per heavy atom. The highest BCUT2D eigenvalue weighted by Gasteiger charge is 2.76. The number of piperidine rings is 1. The van der Waals surface area contributed by atoms with E-state index in [0.717, 1.165) is 31.5 Å². The van der Waals surface area contributed by atoms with Gasteiger partial charge in [0, 0.05) is 30.6 Å². The van der Waals surface area contributed by atoms with E-state index in [2.05, 4.69) is 63.8 Å². The topological polar surface area (TPSA) is 40.6 Å². The number of amides is 2. The van der Waals surface area contributed by atoms with Crippen molar-refractivity contribution in [1.82, 2.24) is 9.80 Å². The normalized spacial score (nSPS) is 32.7. The van der Waals surface area contributed by atoms with E-state index in [-0.39, 0.29) is 28.7 Å². The third-order valence-electron chi connectivity index (χ3n) is 7.65. The van der Waals surface area contributed by atoms with Crippen LogP contribution in [0.15, 0.2) is 36.0 Å². The van der Waals surface area contributed by atoms with Crippen molar-refractivity contribution in [1.29, 1.82) is 0 Å². The van der Waals surface area contributed by atoms with Crippen LogP contribution in [-0.2, 0) is 9.59 Å². The van der Waals surface area contributed by atoms with Crippen LogP contribution in [0.2, 0.25) is 0 Å². The fourth-order valence-electron chi connectivity index (χ4n) is 4.97. The molecular formula is C26H40N2O2. The maximum Gasteiger partial charge on any atom is 0.249 e. The molecule has 0 bridgehead atoms. The van der Waals surface area contributed by atoms with E-state index in [0.29, 0.717) is 18.4 Å². The first kappa shape index (κ1) is 22.8. The molecule has 4 aliphatic rings. The zero-order chi connectivity index (χ0) is 22.1. The third-order valence-corrected chi connectivity index (χ3v) is 7.65. The lowest BCUT2D eigenvalue weighted by atomic mass is 9.92. The van der Waals surface area contributed by atoms with Gasteiger partial charge >= 0.3 is 0 Å². The molecule has 0 N–H and O–H groups in total. The molecule has 3 fully saturated rings. The Morgan fingerprint density at radius 3 is 2.47 bits per heavy atom. The van der Waals surface area contributed by atoms with Crippen molar-refractivity contribution in [2.24, 2.45) is 22.7 Å². The number of allylic oxidation sites excluding steroid dienone is 3. The molecule has 4 rings (SSSR count). The van der Waals surface area contributed by atoms with Gasteiger partial charge in [-0.2, -0.15) is 0 Å². The summed E-state index contributed by atoms with van der Waals surface area (Å²) in [4.78, 5) is 29.8. The quantitative estimate of drug-likeness (QED) is 0.598. The van der Waals surface area contributed by atoms with Crippen LogP contribution >= 0.6 is 0 Å². The van der Waals surface area contributed by atoms with E-state index in [4.69, 9.17) is 0 Å². The average Bonchev–Trinajstić information content (AvgIpc) is 3.03. The molecule has 4 nitrogen and oxygen atoms in total. The summed E-state index contributed by atoms with van der Waals surface area (Å²) in [6, 6.07) is 0.170. The van der Waals surface area contributed by atoms with Crippen LogP contribution in [0.1, 0.15) is 67.2 Å². The molecule has 0 radical (unpaired) electrons. The minimum Gasteiger partial charge on any atom is -0.337 e. The lowest BCUT2D eigenvalue weighted by Gasteiger charge is -2.27. The molecule has 30 heavy (non-hydrogen) atoms. The molecule has 4 atom stereocenters. The lowest BCUT2D eigenvalue weighted by molar-refractivity contribution is -0.135. The number of carbonyl (C=O) groups is 2. The van der Waals surface area contributed by atoms with Crippen molar-refractivity contribution in [2.45, 2.75) is 73.3 Å². The second kappa shape index (κ2) is 8.72. The third kappa shape index (κ3) is 3.90. The first-order chi connectivity index (χ1) is 14.2. The summed E-state index contributed by atoms with van der Waals surface area (Å²) in [7, 11) is 0. The zero-order valence-corrected chi connectivity index (χ0v) is 19.8. The average molecular weight is 413 g/mol. The number of nitrogens with zero attached hydrogens (tertiary/aromatic N) is 2. The van der Waals surface area contributed by atoms with Crippen molar-refractivity contribution in [3.8, 4) is 0 Å². The summed E-state index contributed by atoms with van der Waals surface area (Å²) in [5, 5.41) is 0. The van der Waals surface area contributed by atoms with Crippen molar-refractivity contribution in [3.63, 3.8) is 0 Å². The van der Waals surface area contributed by atoms with Crippen molar-refractivity contribution >= 4 is 11.8 Å². The fourth-order valence-corrected chi connectivity index (χ4v) is 4.97. The Morgan fingerprint density at radius 2 is 1.87 bits per heavy atom. The number of hydrogen-bond acceptors (Lipinski definition) is 2. The van der Waals surface area contributed by atoms with Crippen LogP contribution in [0.3, 0.4) is 0 Å². The Labute approximate surface area is 183 Å². The van der Waals surface area contributed by atoms with Crippen LogP contribution in [0.5, 0.6) is 0 Å². The molecule has 2 amide bonds. The Hall–Kier alpha value is -1.84. The predicted octanol–water partition coefficient (Wildman–Crippen LogP) is 4.98. The SMILES string of the molecule is C/C(=C\C(C)C(C)C)C(=O)N1CCC(N2CC34C=CC=CC3(C4)C2=O)C1.CCCC. The molecule has 0 spiro atoms. The van der Waals surface area contributed by atoms with Gasteiger partial charge in [0.15, 0.2) is 0 Å². The summed E-state index contributed by atoms with van der Waals surface area (Å²) in [5.74, 6) is 1.33. The first-order valence-electron chi connectivity index (χ1n) is 11.9. The largest absolute Gasteiger partial charge is 0.337 e. The van der Waals surface area contributed by atoms with E-state index in [1.807, 2.05) is 17.9 Å². The second-order valence-electron chi connectivity index (χ2n) is 10.1. The van der Waals surface area contributed by atoms with Crippen LogP contribution in [0, 0.1) is 22.7 Å². The summed E-state index contributed by atoms with van der Waals surface area (Å²) in [6.45, 7) is 15.0. The van der Waals surface area contributed by atoms with Crippen LogP contribution in [0.25, 0.3) is 0 Å². The highest BCUT2D eigenvalue weighted by molar-refractivity contribution is 5.95. The standard InChI is InChI=1S/C22H30N2O2.C4H10/c1-15(2)16(3)11-17(4)19(25)23-10-7-18(12-23)24-14-21-8-5-6-9-22(21,13-21)20(24)26;1-3-4-2/h5-6,8-9,11,15-16,18H,7,10,12-14H2,1-4H3;3-4H2,1-2H3/b17-11+;. The van der Waals surface area contributed by atoms with Crippen molar-refractivity contribution in [2.75, 3.05) is 19.6 Å². The molecule has 0 aromatic rings. The van der Waals surface area contributed by atoms with Crippen LogP contribution in [-0.4, -0.2) is 47.3 Å². The van der Waals surface area contributed by atoms with Crippen LogP contribution < -0.4 is 0 Å². The first-order valence-corrected chi connectivity index (χ1v) is 11.9. The predicted molar refractivity (Wildman–Crippen MR) is 123 cm³/mol. The van der Waals surface area contributed by atoms with Gasteiger partial charge in [-0.05, 0) is 31.6 Å². The molecule has 2 aliphatic carbocycles. The van der Waals surface area contributed by atoms with Gasteiger partial charge in [0.25, 0.3) is 0 Å². The van der Waals surface area contributed by atoms with Gasteiger partial charge < -0.3 is 9.80 Å². The van der Waals surface area contributed by atoms with E-state index in [1.54, 1.807) is 0 Å². The molecule has 0 aromatic carbocycles. The van der Waals surface area contributed by atoms with Crippen molar-refractivity contribution in [3.05, 3.63) is 36.0 Å². The summed E-state index contributed by atoms with van der Waals surface area (Å²) >= 11 is 0. The fraction of sp³-hybridized carbons (Fsp3) is 0.692. The number of likely N-dealkylation sites (tertiary alicyclic amines) is 2. The maximum absolute atomic E-state index is 13.0. The number of hydrogen-bond donors (Lipinski definition) is 0. The molecule has 166 valence electrons. The molecule has 2 saturated heterocycles. The Balaban J connectivity index is 0.000000589. The molecule has 2 aliphatic heterocycles. The van der Waals surface area contributed by atoms with E-state index >= 15 is 0 Å². The monoisotopic (exact) mass is 412 g/mol. The Bertz CT molecular complexity index is 763. The van der Waals surface area contributed by atoms with Gasteiger partial charge in [-0.3, -0.25) is 9.59 Å². The number of carbonyl (C=O) groups excluding carboxylic acids is 2. The molecule has 1 saturated carbocycles.